The monoisotopic (exact) mass is 497 g/mol. The molecule has 3 heterocycles. The normalized spacial score (nSPS) is 17.8. The fourth-order valence-corrected chi connectivity index (χ4v) is 3.78. The molecule has 1 aliphatic heterocycles. The maximum absolute atomic E-state index is 14.0. The highest BCUT2D eigenvalue weighted by atomic mass is 19.1. The van der Waals surface area contributed by atoms with Crippen LogP contribution in [0.5, 0.6) is 0 Å². The van der Waals surface area contributed by atoms with Crippen molar-refractivity contribution in [3.05, 3.63) is 48.2 Å². The summed E-state index contributed by atoms with van der Waals surface area (Å²) in [7, 11) is 1.81. The summed E-state index contributed by atoms with van der Waals surface area (Å²) in [6, 6.07) is 4.92. The van der Waals surface area contributed by atoms with Gasteiger partial charge in [-0.25, -0.2) is 19.2 Å². The summed E-state index contributed by atoms with van der Waals surface area (Å²) in [6.45, 7) is 6.55. The highest BCUT2D eigenvalue weighted by molar-refractivity contribution is 5.69. The van der Waals surface area contributed by atoms with Gasteiger partial charge >= 0.3 is 6.09 Å². The van der Waals surface area contributed by atoms with Gasteiger partial charge in [-0.1, -0.05) is 0 Å². The zero-order valence-corrected chi connectivity index (χ0v) is 21.0. The Morgan fingerprint density at radius 3 is 2.72 bits per heavy atom. The lowest BCUT2D eigenvalue weighted by atomic mass is 10.1. The number of carbonyl (C=O) groups is 2. The number of morpholine rings is 1. The Balaban J connectivity index is 0.000000181. The van der Waals surface area contributed by atoms with Crippen molar-refractivity contribution in [3.8, 4) is 11.3 Å². The van der Waals surface area contributed by atoms with E-state index in [2.05, 4.69) is 21.5 Å². The molecule has 1 amide bonds. The number of rotatable bonds is 4. The van der Waals surface area contributed by atoms with Crippen molar-refractivity contribution in [3.63, 3.8) is 0 Å². The van der Waals surface area contributed by atoms with Crippen LogP contribution in [-0.4, -0.2) is 70.1 Å². The summed E-state index contributed by atoms with van der Waals surface area (Å²) >= 11 is 0. The van der Waals surface area contributed by atoms with Crippen LogP contribution >= 0.6 is 0 Å². The molecule has 2 fully saturated rings. The summed E-state index contributed by atoms with van der Waals surface area (Å²) in [5.41, 5.74) is 2.67. The van der Waals surface area contributed by atoms with Gasteiger partial charge in [0.05, 0.1) is 18.8 Å². The van der Waals surface area contributed by atoms with Gasteiger partial charge in [0.2, 0.25) is 5.78 Å². The molecule has 1 saturated carbocycles. The van der Waals surface area contributed by atoms with Gasteiger partial charge in [0, 0.05) is 43.4 Å². The van der Waals surface area contributed by atoms with Crippen LogP contribution in [0.25, 0.3) is 17.0 Å². The number of aromatic nitrogens is 3. The van der Waals surface area contributed by atoms with Gasteiger partial charge < -0.3 is 24.5 Å². The number of aldehydes is 1. The number of nitrogens with zero attached hydrogens (tertiary/aromatic N) is 4. The molecule has 1 N–H and O–H groups in total. The molecular weight excluding hydrogens is 465 g/mol. The number of ether oxygens (including phenoxy) is 2. The predicted octanol–water partition coefficient (Wildman–Crippen LogP) is 4.28. The Morgan fingerprint density at radius 1 is 1.28 bits per heavy atom. The van der Waals surface area contributed by atoms with Crippen molar-refractivity contribution in [1.29, 1.82) is 0 Å². The molecule has 9 nitrogen and oxygen atoms in total. The number of anilines is 1. The lowest BCUT2D eigenvalue weighted by molar-refractivity contribution is -0.123. The van der Waals surface area contributed by atoms with E-state index in [1.54, 1.807) is 12.1 Å². The van der Waals surface area contributed by atoms with E-state index < -0.39 is 17.8 Å². The van der Waals surface area contributed by atoms with Gasteiger partial charge in [0.1, 0.15) is 17.5 Å². The SMILES string of the molecule is CC(C)(C)OC(=O)N1CCOC(C=O)C1.CNc1ccc(F)c(-c2cn3cc(C4CC4)cnc3n2)c1. The van der Waals surface area contributed by atoms with Crippen molar-refractivity contribution >= 4 is 23.8 Å². The zero-order chi connectivity index (χ0) is 25.9. The van der Waals surface area contributed by atoms with E-state index in [0.717, 1.165) is 5.69 Å². The largest absolute Gasteiger partial charge is 0.444 e. The maximum Gasteiger partial charge on any atom is 0.410 e. The van der Waals surface area contributed by atoms with E-state index >= 15 is 0 Å². The molecule has 1 saturated heterocycles. The zero-order valence-electron chi connectivity index (χ0n) is 21.0. The average molecular weight is 498 g/mol. The lowest BCUT2D eigenvalue weighted by Gasteiger charge is -2.32. The van der Waals surface area contributed by atoms with E-state index in [-0.39, 0.29) is 12.4 Å². The third kappa shape index (κ3) is 6.37. The highest BCUT2D eigenvalue weighted by Gasteiger charge is 2.28. The molecule has 192 valence electrons. The standard InChI is InChI=1S/C16H15FN4.C10H17NO4/c1-18-12-4-5-14(17)13(6-12)15-9-21-8-11(10-2-3-10)7-19-16(21)20-15;1-10(2,3)15-9(13)11-4-5-14-8(6-11)7-12/h4-10,18H,2-3H2,1H3;7-8H,4-6H2,1-3H3. The number of fused-ring (bicyclic) bond motifs is 1. The maximum atomic E-state index is 14.0. The summed E-state index contributed by atoms with van der Waals surface area (Å²) in [6.07, 6.45) is 8.02. The Bertz CT molecular complexity index is 1230. The summed E-state index contributed by atoms with van der Waals surface area (Å²) in [5, 5.41) is 3.01. The number of amides is 1. The molecule has 2 aromatic heterocycles. The first-order chi connectivity index (χ1) is 17.2. The van der Waals surface area contributed by atoms with E-state index in [1.165, 1.54) is 29.4 Å². The molecule has 0 spiro atoms. The van der Waals surface area contributed by atoms with E-state index in [1.807, 2.05) is 44.6 Å². The van der Waals surface area contributed by atoms with Gasteiger partial charge in [0.25, 0.3) is 0 Å². The number of carbonyl (C=O) groups excluding carboxylic acids is 2. The Labute approximate surface area is 209 Å². The number of hydrogen-bond acceptors (Lipinski definition) is 7. The van der Waals surface area contributed by atoms with Crippen molar-refractivity contribution < 1.29 is 23.5 Å². The van der Waals surface area contributed by atoms with Crippen LogP contribution in [0, 0.1) is 5.82 Å². The second kappa shape index (κ2) is 10.6. The second-order valence-corrected chi connectivity index (χ2v) is 9.91. The van der Waals surface area contributed by atoms with Crippen LogP contribution in [0.2, 0.25) is 0 Å². The molecule has 0 radical (unpaired) electrons. The molecule has 36 heavy (non-hydrogen) atoms. The smallest absolute Gasteiger partial charge is 0.410 e. The van der Waals surface area contributed by atoms with Gasteiger partial charge in [-0.2, -0.15) is 0 Å². The summed E-state index contributed by atoms with van der Waals surface area (Å²) < 4.78 is 26.2. The average Bonchev–Trinajstić information content (AvgIpc) is 3.62. The minimum atomic E-state index is -0.522. The third-order valence-corrected chi connectivity index (χ3v) is 5.81. The van der Waals surface area contributed by atoms with Gasteiger partial charge in [-0.15, -0.1) is 0 Å². The molecule has 1 aliphatic carbocycles. The minimum absolute atomic E-state index is 0.276. The van der Waals surface area contributed by atoms with Gasteiger partial charge in [-0.3, -0.25) is 4.40 Å². The third-order valence-electron chi connectivity index (χ3n) is 5.81. The van der Waals surface area contributed by atoms with Crippen molar-refractivity contribution in [1.82, 2.24) is 19.3 Å². The molecule has 1 atom stereocenters. The van der Waals surface area contributed by atoms with Crippen LogP contribution in [0.15, 0.2) is 36.8 Å². The molecule has 2 aliphatic rings. The topological polar surface area (TPSA) is 98.1 Å². The molecule has 10 heteroatoms. The molecule has 1 unspecified atom stereocenters. The summed E-state index contributed by atoms with van der Waals surface area (Å²) in [4.78, 5) is 32.4. The van der Waals surface area contributed by atoms with E-state index in [9.17, 15) is 14.0 Å². The second-order valence-electron chi connectivity index (χ2n) is 9.91. The molecule has 5 rings (SSSR count). The van der Waals surface area contributed by atoms with Crippen LogP contribution in [0.4, 0.5) is 14.9 Å². The first-order valence-corrected chi connectivity index (χ1v) is 12.0. The van der Waals surface area contributed by atoms with Crippen LogP contribution in [0.3, 0.4) is 0 Å². The number of imidazole rings is 1. The van der Waals surface area contributed by atoms with Crippen LogP contribution in [0.1, 0.15) is 45.1 Å². The number of benzene rings is 1. The fraction of sp³-hybridized carbons (Fsp3) is 0.462. The fourth-order valence-electron chi connectivity index (χ4n) is 3.78. The number of halogens is 1. The molecule has 0 bridgehead atoms. The Morgan fingerprint density at radius 2 is 2.06 bits per heavy atom. The van der Waals surface area contributed by atoms with E-state index in [4.69, 9.17) is 9.47 Å². The van der Waals surface area contributed by atoms with Crippen LogP contribution in [-0.2, 0) is 14.3 Å². The van der Waals surface area contributed by atoms with Crippen molar-refractivity contribution in [2.45, 2.75) is 51.2 Å². The van der Waals surface area contributed by atoms with E-state index in [0.29, 0.717) is 42.4 Å². The molecule has 1 aromatic carbocycles. The van der Waals surface area contributed by atoms with Gasteiger partial charge in [-0.05, 0) is 63.3 Å². The van der Waals surface area contributed by atoms with Crippen LogP contribution < -0.4 is 5.32 Å². The number of nitrogens with one attached hydrogen (secondary N) is 1. The van der Waals surface area contributed by atoms with Crippen molar-refractivity contribution in [2.75, 3.05) is 32.1 Å². The molecule has 3 aromatic rings. The molecular formula is C26H32FN5O4. The minimum Gasteiger partial charge on any atom is -0.444 e. The first kappa shape index (κ1) is 25.6. The quantitative estimate of drug-likeness (QED) is 0.538. The van der Waals surface area contributed by atoms with Crippen molar-refractivity contribution in [2.24, 2.45) is 0 Å². The highest BCUT2D eigenvalue weighted by Crippen LogP contribution is 2.39. The predicted molar refractivity (Wildman–Crippen MR) is 134 cm³/mol. The first-order valence-electron chi connectivity index (χ1n) is 12.0. The lowest BCUT2D eigenvalue weighted by Crippen LogP contribution is -2.47. The van der Waals surface area contributed by atoms with Gasteiger partial charge in [0.15, 0.2) is 6.29 Å². The Kier molecular flexibility index (Phi) is 7.53. The summed E-state index contributed by atoms with van der Waals surface area (Å²) in [5.74, 6) is 0.959. The Hall–Kier alpha value is -3.53. The number of hydrogen-bond donors (Lipinski definition) is 1.